The molecule has 1 fully saturated rings. The van der Waals surface area contributed by atoms with Crippen molar-refractivity contribution in [3.8, 4) is 0 Å². The molecular weight excluding hydrogens is 158 g/mol. The van der Waals surface area contributed by atoms with Gasteiger partial charge < -0.3 is 4.74 Å². The first-order valence-electron chi connectivity index (χ1n) is 3.14. The van der Waals surface area contributed by atoms with E-state index in [0.717, 1.165) is 16.8 Å². The van der Waals surface area contributed by atoms with Crippen molar-refractivity contribution in [1.29, 1.82) is 0 Å². The maximum atomic E-state index is 5.49. The molecule has 0 N–H and O–H groups in total. The first-order chi connectivity index (χ1) is 3.71. The van der Waals surface area contributed by atoms with Gasteiger partial charge in [0.1, 0.15) is 0 Å². The molecule has 0 bridgehead atoms. The average molecular weight is 172 g/mol. The van der Waals surface area contributed by atoms with Crippen LogP contribution >= 0.6 is 9.24 Å². The van der Waals surface area contributed by atoms with E-state index in [1.54, 1.807) is 0 Å². The molecule has 1 saturated heterocycles. The van der Waals surface area contributed by atoms with Crippen LogP contribution in [0.5, 0.6) is 0 Å². The second-order valence-electron chi connectivity index (χ2n) is 2.62. The summed E-state index contributed by atoms with van der Waals surface area (Å²) in [7, 11) is 3.95. The van der Waals surface area contributed by atoms with Crippen LogP contribution in [0.25, 0.3) is 0 Å². The van der Waals surface area contributed by atoms with Gasteiger partial charge in [0, 0.05) is 16.8 Å². The summed E-state index contributed by atoms with van der Waals surface area (Å²) >= 11 is 0. The predicted octanol–water partition coefficient (Wildman–Crippen LogP) is -0.567. The molecule has 1 heterocycles. The molecule has 1 aliphatic heterocycles. The van der Waals surface area contributed by atoms with E-state index in [4.69, 9.17) is 4.74 Å². The monoisotopic (exact) mass is 172 g/mol. The first-order valence-corrected chi connectivity index (χ1v) is 4.71. The molecule has 50 valence electrons. The number of rotatable bonds is 0. The minimum absolute atomic E-state index is 0. The fourth-order valence-electron chi connectivity index (χ4n) is 0.956. The van der Waals surface area contributed by atoms with E-state index in [9.17, 15) is 0 Å². The quantitative estimate of drug-likeness (QED) is 0.351. The van der Waals surface area contributed by atoms with E-state index in [1.807, 2.05) is 0 Å². The van der Waals surface area contributed by atoms with E-state index < -0.39 is 0 Å². The van der Waals surface area contributed by atoms with Crippen molar-refractivity contribution in [3.63, 3.8) is 0 Å². The molecular formula is C5H14NaOPSi. The standard InChI is InChI=1S/C5H13OPSi.Na.H/c7-5(8)3-1-2-4-6-5;;/h1-4,7H2,8H3;;. The van der Waals surface area contributed by atoms with Gasteiger partial charge in [-0.05, 0) is 19.3 Å². The van der Waals surface area contributed by atoms with Gasteiger partial charge in [-0.15, -0.1) is 9.24 Å². The van der Waals surface area contributed by atoms with Crippen molar-refractivity contribution >= 4 is 49.0 Å². The molecule has 0 aliphatic carbocycles. The molecule has 0 aromatic carbocycles. The van der Waals surface area contributed by atoms with Crippen LogP contribution in [0.1, 0.15) is 19.3 Å². The average Bonchev–Trinajstić information content (AvgIpc) is 1.65. The van der Waals surface area contributed by atoms with Crippen molar-refractivity contribution in [2.75, 3.05) is 6.61 Å². The smallest absolute Gasteiger partial charge is 0.0610 e. The molecule has 0 aromatic heterocycles. The maximum absolute atomic E-state index is 5.49. The second kappa shape index (κ2) is 4.48. The van der Waals surface area contributed by atoms with Crippen LogP contribution in [0.3, 0.4) is 0 Å². The summed E-state index contributed by atoms with van der Waals surface area (Å²) in [4.78, 5) is 0.234. The molecule has 9 heavy (non-hydrogen) atoms. The molecule has 1 aliphatic rings. The van der Waals surface area contributed by atoms with Crippen molar-refractivity contribution in [3.05, 3.63) is 0 Å². The zero-order valence-electron chi connectivity index (χ0n) is 5.31. The molecule has 4 heteroatoms. The van der Waals surface area contributed by atoms with E-state index in [-0.39, 0.29) is 34.5 Å². The Kier molecular flexibility index (Phi) is 5.28. The summed E-state index contributed by atoms with van der Waals surface area (Å²) in [6, 6.07) is 0. The Bertz CT molecular complexity index is 81.0. The summed E-state index contributed by atoms with van der Waals surface area (Å²) in [6.07, 6.45) is 3.87. The molecule has 0 radical (unpaired) electrons. The SMILES string of the molecule is [NaH].[SiH3]C1(P)CCCCO1. The minimum atomic E-state index is 0. The minimum Gasteiger partial charge on any atom is -0.376 e. The van der Waals surface area contributed by atoms with Crippen LogP contribution in [-0.4, -0.2) is 51.4 Å². The van der Waals surface area contributed by atoms with Gasteiger partial charge in [-0.1, -0.05) is 0 Å². The Morgan fingerprint density at radius 3 is 2.33 bits per heavy atom. The normalized spacial score (nSPS) is 35.7. The van der Waals surface area contributed by atoms with Gasteiger partial charge in [-0.2, -0.15) is 0 Å². The number of hydrogen-bond donors (Lipinski definition) is 0. The molecule has 2 atom stereocenters. The zero-order chi connectivity index (χ0) is 6.04. The van der Waals surface area contributed by atoms with Crippen LogP contribution in [0, 0.1) is 0 Å². The van der Waals surface area contributed by atoms with Gasteiger partial charge in [-0.25, -0.2) is 0 Å². The molecule has 0 spiro atoms. The summed E-state index contributed by atoms with van der Waals surface area (Å²) in [5.74, 6) is 0. The maximum Gasteiger partial charge on any atom is 0.0610 e. The van der Waals surface area contributed by atoms with Crippen molar-refractivity contribution in [2.45, 2.75) is 24.2 Å². The molecule has 2 unspecified atom stereocenters. The Morgan fingerprint density at radius 1 is 1.44 bits per heavy atom. The Morgan fingerprint density at radius 2 is 2.11 bits per heavy atom. The van der Waals surface area contributed by atoms with Gasteiger partial charge in [0.25, 0.3) is 0 Å². The van der Waals surface area contributed by atoms with Crippen LogP contribution in [-0.2, 0) is 4.74 Å². The Balaban J connectivity index is 0.000000640. The van der Waals surface area contributed by atoms with Crippen molar-refractivity contribution in [2.24, 2.45) is 0 Å². The van der Waals surface area contributed by atoms with E-state index in [0.29, 0.717) is 0 Å². The molecule has 1 rings (SSSR count). The number of ether oxygens (including phenoxy) is 1. The molecule has 0 saturated carbocycles. The van der Waals surface area contributed by atoms with E-state index in [1.165, 1.54) is 19.3 Å². The van der Waals surface area contributed by atoms with Gasteiger partial charge in [-0.3, -0.25) is 0 Å². The fourth-order valence-corrected chi connectivity index (χ4v) is 1.84. The third-order valence-electron chi connectivity index (χ3n) is 1.50. The van der Waals surface area contributed by atoms with Crippen molar-refractivity contribution < 1.29 is 4.74 Å². The van der Waals surface area contributed by atoms with Crippen LogP contribution < -0.4 is 0 Å². The summed E-state index contributed by atoms with van der Waals surface area (Å²) in [6.45, 7) is 0.979. The topological polar surface area (TPSA) is 9.23 Å². The van der Waals surface area contributed by atoms with Gasteiger partial charge in [0.05, 0.1) is 4.97 Å². The van der Waals surface area contributed by atoms with Crippen LogP contribution in [0.4, 0.5) is 0 Å². The summed E-state index contributed by atoms with van der Waals surface area (Å²) < 4.78 is 5.49. The van der Waals surface area contributed by atoms with E-state index >= 15 is 0 Å². The van der Waals surface area contributed by atoms with Gasteiger partial charge >= 0.3 is 29.6 Å². The van der Waals surface area contributed by atoms with Crippen LogP contribution in [0.2, 0.25) is 0 Å². The summed E-state index contributed by atoms with van der Waals surface area (Å²) in [5.41, 5.74) is 0. The first kappa shape index (κ1) is 10.6. The second-order valence-corrected chi connectivity index (χ2v) is 6.69. The summed E-state index contributed by atoms with van der Waals surface area (Å²) in [5, 5.41) is 0. The molecule has 0 amide bonds. The zero-order valence-corrected chi connectivity index (χ0v) is 8.47. The fraction of sp³-hybridized carbons (Fsp3) is 1.00. The third kappa shape index (κ3) is 4.13. The van der Waals surface area contributed by atoms with Crippen LogP contribution in [0.15, 0.2) is 0 Å². The van der Waals surface area contributed by atoms with Gasteiger partial charge in [0.15, 0.2) is 0 Å². The van der Waals surface area contributed by atoms with Crippen molar-refractivity contribution in [1.82, 2.24) is 0 Å². The molecule has 0 aromatic rings. The largest absolute Gasteiger partial charge is 0.376 e. The number of hydrogen-bond acceptors (Lipinski definition) is 1. The predicted molar refractivity (Wildman–Crippen MR) is 49.3 cm³/mol. The Labute approximate surface area is 84.2 Å². The van der Waals surface area contributed by atoms with E-state index in [2.05, 4.69) is 9.24 Å². The third-order valence-corrected chi connectivity index (χ3v) is 2.74. The van der Waals surface area contributed by atoms with Gasteiger partial charge in [0.2, 0.25) is 0 Å². The molecule has 1 nitrogen and oxygen atoms in total. The Hall–Kier alpha value is 1.61.